The largest absolute Gasteiger partial charge is 0.615 e. The second-order valence-electron chi connectivity index (χ2n) is 2.49. The first-order chi connectivity index (χ1) is 6.14. The SMILES string of the molecule is C=C[Si](OC)(OC)ON=C(C)CC. The highest BCUT2D eigenvalue weighted by Gasteiger charge is 2.38. The van der Waals surface area contributed by atoms with Gasteiger partial charge in [0.05, 0.1) is 5.71 Å². The van der Waals surface area contributed by atoms with Crippen LogP contribution in [0.15, 0.2) is 17.4 Å². The molecule has 13 heavy (non-hydrogen) atoms. The Balaban J connectivity index is 4.34. The van der Waals surface area contributed by atoms with E-state index < -0.39 is 8.80 Å². The maximum absolute atomic E-state index is 5.19. The van der Waals surface area contributed by atoms with Crippen LogP contribution in [0.25, 0.3) is 0 Å². The van der Waals surface area contributed by atoms with Gasteiger partial charge in [-0.05, 0) is 19.0 Å². The molecule has 0 amide bonds. The van der Waals surface area contributed by atoms with E-state index in [0.29, 0.717) is 0 Å². The Morgan fingerprint density at radius 3 is 2.31 bits per heavy atom. The third-order valence-corrected chi connectivity index (χ3v) is 3.64. The molecule has 0 aromatic rings. The first-order valence-corrected chi connectivity index (χ1v) is 5.89. The van der Waals surface area contributed by atoms with E-state index in [2.05, 4.69) is 11.7 Å². The molecule has 5 heteroatoms. The predicted octanol–water partition coefficient (Wildman–Crippen LogP) is 1.75. The zero-order valence-electron chi connectivity index (χ0n) is 8.66. The van der Waals surface area contributed by atoms with Gasteiger partial charge in [-0.1, -0.05) is 13.5 Å². The average molecular weight is 203 g/mol. The van der Waals surface area contributed by atoms with Crippen LogP contribution >= 0.6 is 0 Å². The van der Waals surface area contributed by atoms with Crippen molar-refractivity contribution in [3.05, 3.63) is 12.3 Å². The molecule has 0 unspecified atom stereocenters. The summed E-state index contributed by atoms with van der Waals surface area (Å²) in [5.74, 6) is 0. The molecule has 0 rings (SSSR count). The number of hydrogen-bond donors (Lipinski definition) is 0. The molecule has 0 aliphatic heterocycles. The van der Waals surface area contributed by atoms with E-state index in [-0.39, 0.29) is 0 Å². The Morgan fingerprint density at radius 1 is 1.46 bits per heavy atom. The van der Waals surface area contributed by atoms with Gasteiger partial charge >= 0.3 is 8.80 Å². The van der Waals surface area contributed by atoms with Crippen molar-refractivity contribution in [1.29, 1.82) is 0 Å². The van der Waals surface area contributed by atoms with Crippen molar-refractivity contribution in [2.24, 2.45) is 5.16 Å². The van der Waals surface area contributed by atoms with Crippen molar-refractivity contribution in [3.8, 4) is 0 Å². The van der Waals surface area contributed by atoms with Gasteiger partial charge in [0.15, 0.2) is 0 Å². The summed E-state index contributed by atoms with van der Waals surface area (Å²) < 4.78 is 15.4. The zero-order chi connectivity index (χ0) is 10.3. The van der Waals surface area contributed by atoms with Crippen LogP contribution in [-0.2, 0) is 13.4 Å². The molecule has 0 aromatic carbocycles. The zero-order valence-corrected chi connectivity index (χ0v) is 9.66. The van der Waals surface area contributed by atoms with E-state index in [1.165, 1.54) is 14.2 Å². The molecule has 0 fully saturated rings. The molecule has 0 N–H and O–H groups in total. The van der Waals surface area contributed by atoms with Crippen LogP contribution in [0.5, 0.6) is 0 Å². The summed E-state index contributed by atoms with van der Waals surface area (Å²) >= 11 is 0. The molecule has 0 aliphatic carbocycles. The smallest absolute Gasteiger partial charge is 0.390 e. The van der Waals surface area contributed by atoms with Crippen LogP contribution in [0.3, 0.4) is 0 Å². The van der Waals surface area contributed by atoms with Crippen LogP contribution in [0.1, 0.15) is 20.3 Å². The summed E-state index contributed by atoms with van der Waals surface area (Å²) in [7, 11) is 0.324. The van der Waals surface area contributed by atoms with E-state index in [1.807, 2.05) is 13.8 Å². The van der Waals surface area contributed by atoms with Gasteiger partial charge in [0.2, 0.25) is 0 Å². The topological polar surface area (TPSA) is 40.0 Å². The molecule has 0 saturated heterocycles. The normalized spacial score (nSPS) is 12.8. The molecule has 0 saturated carbocycles. The third-order valence-electron chi connectivity index (χ3n) is 1.66. The lowest BCUT2D eigenvalue weighted by molar-refractivity contribution is 0.116. The number of oxime groups is 1. The Morgan fingerprint density at radius 2 is 2.00 bits per heavy atom. The summed E-state index contributed by atoms with van der Waals surface area (Å²) in [6.45, 7) is 7.48. The first kappa shape index (κ1) is 12.3. The minimum atomic E-state index is -2.72. The lowest BCUT2D eigenvalue weighted by atomic mass is 10.3. The van der Waals surface area contributed by atoms with E-state index in [1.54, 1.807) is 5.70 Å². The van der Waals surface area contributed by atoms with E-state index in [0.717, 1.165) is 12.1 Å². The second kappa shape index (κ2) is 5.90. The van der Waals surface area contributed by atoms with Gasteiger partial charge in [-0.25, -0.2) is 0 Å². The lowest BCUT2D eigenvalue weighted by Gasteiger charge is -2.19. The molecule has 0 aliphatic rings. The summed E-state index contributed by atoms with van der Waals surface area (Å²) in [6.07, 6.45) is 0.842. The van der Waals surface area contributed by atoms with Crippen LogP contribution in [-0.4, -0.2) is 28.7 Å². The van der Waals surface area contributed by atoms with Crippen molar-refractivity contribution >= 4 is 14.5 Å². The molecular formula is C8H17NO3Si. The Labute approximate surface area is 80.5 Å². The van der Waals surface area contributed by atoms with Gasteiger partial charge in [-0.2, -0.15) is 0 Å². The maximum atomic E-state index is 5.19. The highest BCUT2D eigenvalue weighted by Crippen LogP contribution is 2.08. The Bertz CT molecular complexity index is 190. The highest BCUT2D eigenvalue weighted by atomic mass is 28.4. The fraction of sp³-hybridized carbons (Fsp3) is 0.625. The average Bonchev–Trinajstić information content (AvgIpc) is 2.20. The van der Waals surface area contributed by atoms with Gasteiger partial charge in [0, 0.05) is 14.2 Å². The van der Waals surface area contributed by atoms with E-state index >= 15 is 0 Å². The molecule has 0 spiro atoms. The van der Waals surface area contributed by atoms with Crippen molar-refractivity contribution in [2.75, 3.05) is 14.2 Å². The van der Waals surface area contributed by atoms with E-state index in [4.69, 9.17) is 13.4 Å². The number of rotatable bonds is 6. The molecule has 4 nitrogen and oxygen atoms in total. The predicted molar refractivity (Wildman–Crippen MR) is 54.5 cm³/mol. The first-order valence-electron chi connectivity index (χ1n) is 4.09. The van der Waals surface area contributed by atoms with E-state index in [9.17, 15) is 0 Å². The lowest BCUT2D eigenvalue weighted by Crippen LogP contribution is -2.40. The van der Waals surface area contributed by atoms with Crippen LogP contribution in [0.2, 0.25) is 0 Å². The number of nitrogens with zero attached hydrogens (tertiary/aromatic N) is 1. The molecule has 76 valence electrons. The van der Waals surface area contributed by atoms with Crippen molar-refractivity contribution < 1.29 is 13.4 Å². The van der Waals surface area contributed by atoms with Crippen molar-refractivity contribution in [1.82, 2.24) is 0 Å². The van der Waals surface area contributed by atoms with Gasteiger partial charge in [0.1, 0.15) is 0 Å². The second-order valence-corrected chi connectivity index (χ2v) is 5.10. The summed E-state index contributed by atoms with van der Waals surface area (Å²) in [5.41, 5.74) is 2.44. The van der Waals surface area contributed by atoms with Gasteiger partial charge in [0.25, 0.3) is 0 Å². The quantitative estimate of drug-likeness (QED) is 0.375. The molecular weight excluding hydrogens is 186 g/mol. The highest BCUT2D eigenvalue weighted by molar-refractivity contribution is 6.66. The Kier molecular flexibility index (Phi) is 5.61. The van der Waals surface area contributed by atoms with Crippen LogP contribution < -0.4 is 0 Å². The van der Waals surface area contributed by atoms with Crippen LogP contribution in [0, 0.1) is 0 Å². The standard InChI is InChI=1S/C8H17NO3Si/c1-6-8(3)9-12-13(7-2,10-4)11-5/h7H,2,6H2,1,3-5H3. The van der Waals surface area contributed by atoms with Crippen molar-refractivity contribution in [3.63, 3.8) is 0 Å². The van der Waals surface area contributed by atoms with Gasteiger partial charge in [-0.3, -0.25) is 0 Å². The summed E-state index contributed by atoms with van der Waals surface area (Å²) in [4.78, 5) is 0. The Hall–Kier alpha value is -0.653. The maximum Gasteiger partial charge on any atom is 0.615 e. The molecule has 0 aromatic heterocycles. The fourth-order valence-electron chi connectivity index (χ4n) is 0.568. The molecule has 0 radical (unpaired) electrons. The summed E-state index contributed by atoms with van der Waals surface area (Å²) in [6, 6.07) is 0. The third kappa shape index (κ3) is 3.71. The summed E-state index contributed by atoms with van der Waals surface area (Å²) in [5, 5.41) is 3.88. The monoisotopic (exact) mass is 203 g/mol. The molecule has 0 heterocycles. The number of hydrogen-bond acceptors (Lipinski definition) is 4. The molecule has 0 atom stereocenters. The van der Waals surface area contributed by atoms with Crippen LogP contribution in [0.4, 0.5) is 0 Å². The minimum absolute atomic E-state index is 0.842. The minimum Gasteiger partial charge on any atom is -0.390 e. The van der Waals surface area contributed by atoms with Gasteiger partial charge in [-0.15, -0.1) is 5.16 Å². The molecule has 0 bridgehead atoms. The van der Waals surface area contributed by atoms with Gasteiger partial charge < -0.3 is 13.4 Å². The van der Waals surface area contributed by atoms with Crippen molar-refractivity contribution in [2.45, 2.75) is 20.3 Å². The fourth-order valence-corrected chi connectivity index (χ4v) is 1.57.